The number of rotatable bonds is 7. The highest BCUT2D eigenvalue weighted by Gasteiger charge is 2.65. The van der Waals surface area contributed by atoms with Crippen LogP contribution in [0.15, 0.2) is 36.4 Å². The van der Waals surface area contributed by atoms with E-state index in [1.807, 2.05) is 12.1 Å². The zero-order valence-electron chi connectivity index (χ0n) is 23.2. The maximum absolute atomic E-state index is 15.0. The van der Waals surface area contributed by atoms with Crippen LogP contribution in [0, 0.1) is 17.2 Å². The summed E-state index contributed by atoms with van der Waals surface area (Å²) in [6, 6.07) is 8.81. The number of benzene rings is 2. The third-order valence-corrected chi connectivity index (χ3v) is 9.32. The molecule has 2 aromatic carbocycles. The van der Waals surface area contributed by atoms with Crippen LogP contribution in [0.2, 0.25) is 10.0 Å². The molecule has 9 heteroatoms. The van der Waals surface area contributed by atoms with Crippen LogP contribution in [0.25, 0.3) is 0 Å². The lowest BCUT2D eigenvalue weighted by molar-refractivity contribution is -0.123. The lowest BCUT2D eigenvalue weighted by atomic mass is 9.62. The van der Waals surface area contributed by atoms with Gasteiger partial charge in [-0.2, -0.15) is 0 Å². The summed E-state index contributed by atoms with van der Waals surface area (Å²) in [4.78, 5) is 28.0. The summed E-state index contributed by atoms with van der Waals surface area (Å²) in [7, 11) is 0. The summed E-state index contributed by atoms with van der Waals surface area (Å²) in [5.41, 5.74) is 0.232. The molecule has 0 radical (unpaired) electrons. The molecule has 5 rings (SSSR count). The number of carbonyl (C=O) groups excluding carboxylic acids is 2. The maximum Gasteiger partial charge on any atom is 0.237 e. The fraction of sp³-hybridized carbons (Fsp3) is 0.548. The number of nitrogens with one attached hydrogen (secondary N) is 3. The topological polar surface area (TPSA) is 90.5 Å². The average Bonchev–Trinajstić information content (AvgIpc) is 3.51. The molecule has 1 spiro atoms. The van der Waals surface area contributed by atoms with Gasteiger partial charge in [0.05, 0.1) is 17.2 Å². The molecule has 40 heavy (non-hydrogen) atoms. The second kappa shape index (κ2) is 11.2. The molecule has 1 saturated heterocycles. The zero-order chi connectivity index (χ0) is 28.8. The third kappa shape index (κ3) is 5.50. The number of hydrogen-bond donors (Lipinski definition) is 4. The van der Waals surface area contributed by atoms with Crippen molar-refractivity contribution in [1.82, 2.24) is 10.6 Å². The first-order valence-electron chi connectivity index (χ1n) is 14.2. The quantitative estimate of drug-likeness (QED) is 0.301. The van der Waals surface area contributed by atoms with Crippen LogP contribution in [0.5, 0.6) is 0 Å². The number of halogens is 3. The van der Waals surface area contributed by atoms with E-state index in [-0.39, 0.29) is 28.4 Å². The van der Waals surface area contributed by atoms with Crippen molar-refractivity contribution in [2.75, 3.05) is 11.9 Å². The molecule has 2 fully saturated rings. The van der Waals surface area contributed by atoms with Crippen molar-refractivity contribution in [3.8, 4) is 0 Å². The number of carbonyl (C=O) groups is 2. The van der Waals surface area contributed by atoms with Crippen molar-refractivity contribution >= 4 is 40.7 Å². The van der Waals surface area contributed by atoms with Gasteiger partial charge in [0.1, 0.15) is 11.2 Å². The predicted molar refractivity (Wildman–Crippen MR) is 156 cm³/mol. The fourth-order valence-electron chi connectivity index (χ4n) is 7.16. The van der Waals surface area contributed by atoms with Crippen LogP contribution in [0.1, 0.15) is 76.3 Å². The van der Waals surface area contributed by atoms with E-state index in [0.29, 0.717) is 35.2 Å². The van der Waals surface area contributed by atoms with E-state index < -0.39 is 29.2 Å². The van der Waals surface area contributed by atoms with Gasteiger partial charge in [-0.25, -0.2) is 4.39 Å². The lowest BCUT2D eigenvalue weighted by Gasteiger charge is -2.37. The Hall–Kier alpha value is -2.19. The van der Waals surface area contributed by atoms with Crippen LogP contribution >= 0.6 is 23.2 Å². The molecule has 2 aliphatic heterocycles. The minimum atomic E-state index is -1.26. The Morgan fingerprint density at radius 3 is 2.65 bits per heavy atom. The second-order valence-electron chi connectivity index (χ2n) is 12.9. The fourth-order valence-corrected chi connectivity index (χ4v) is 7.52. The Kier molecular flexibility index (Phi) is 8.23. The second-order valence-corrected chi connectivity index (χ2v) is 13.7. The van der Waals surface area contributed by atoms with Gasteiger partial charge in [-0.05, 0) is 85.3 Å². The van der Waals surface area contributed by atoms with Crippen molar-refractivity contribution in [3.05, 3.63) is 63.4 Å². The molecule has 3 aliphatic rings. The summed E-state index contributed by atoms with van der Waals surface area (Å²) in [6.07, 6.45) is 4.78. The summed E-state index contributed by atoms with van der Waals surface area (Å²) >= 11 is 12.5. The van der Waals surface area contributed by atoms with E-state index in [1.54, 1.807) is 12.1 Å². The first kappa shape index (κ1) is 29.3. The van der Waals surface area contributed by atoms with Crippen LogP contribution in [-0.2, 0) is 15.0 Å². The summed E-state index contributed by atoms with van der Waals surface area (Å²) < 4.78 is 15.0. The molecule has 1 aliphatic carbocycles. The van der Waals surface area contributed by atoms with E-state index in [4.69, 9.17) is 23.2 Å². The first-order chi connectivity index (χ1) is 18.9. The van der Waals surface area contributed by atoms with Gasteiger partial charge in [0.25, 0.3) is 0 Å². The SMILES string of the molecule is CC(C)(C)C[C@H]1N[C@@H](C(=O)NCCC[C@@H]2CC[C@H](O)C2)C(c2cccc(Cl)c2)[C@@]12C(=O)Nc1cc(Cl)c(F)cc12. The molecule has 2 aromatic rings. The zero-order valence-corrected chi connectivity index (χ0v) is 24.7. The first-order valence-corrected chi connectivity index (χ1v) is 14.9. The van der Waals surface area contributed by atoms with Crippen LogP contribution in [-0.4, -0.2) is 41.7 Å². The molecule has 1 saturated carbocycles. The monoisotopic (exact) mass is 589 g/mol. The summed E-state index contributed by atoms with van der Waals surface area (Å²) in [5.74, 6) is -1.27. The minimum absolute atomic E-state index is 0.0715. The van der Waals surface area contributed by atoms with E-state index in [2.05, 4.69) is 36.7 Å². The molecular weight excluding hydrogens is 552 g/mol. The number of aliphatic hydroxyl groups excluding tert-OH is 1. The number of fused-ring (bicyclic) bond motifs is 2. The van der Waals surface area contributed by atoms with Gasteiger partial charge in [-0.15, -0.1) is 0 Å². The average molecular weight is 591 g/mol. The van der Waals surface area contributed by atoms with Gasteiger partial charge in [-0.1, -0.05) is 56.1 Å². The molecule has 1 unspecified atom stereocenters. The number of aliphatic hydroxyl groups is 1. The number of anilines is 1. The van der Waals surface area contributed by atoms with E-state index >= 15 is 4.39 Å². The van der Waals surface area contributed by atoms with E-state index in [1.165, 1.54) is 12.1 Å². The molecular formula is C31H38Cl2FN3O3. The minimum Gasteiger partial charge on any atom is -0.393 e. The Morgan fingerprint density at radius 2 is 1.98 bits per heavy atom. The van der Waals surface area contributed by atoms with Crippen molar-refractivity contribution < 1.29 is 19.1 Å². The van der Waals surface area contributed by atoms with Gasteiger partial charge in [-0.3, -0.25) is 9.59 Å². The molecule has 216 valence electrons. The lowest BCUT2D eigenvalue weighted by Crippen LogP contribution is -2.49. The van der Waals surface area contributed by atoms with Gasteiger partial charge >= 0.3 is 0 Å². The molecule has 4 N–H and O–H groups in total. The van der Waals surface area contributed by atoms with Crippen LogP contribution in [0.4, 0.5) is 10.1 Å². The molecule has 6 nitrogen and oxygen atoms in total. The Morgan fingerprint density at radius 1 is 1.20 bits per heavy atom. The van der Waals surface area contributed by atoms with Gasteiger partial charge in [0, 0.05) is 29.2 Å². The molecule has 0 bridgehead atoms. The standard InChI is InChI=1S/C31H38Cl2FN3O3/c1-30(2,3)16-25-31(21-14-23(34)22(33)15-24(21)36-29(31)40)26(18-7-4-8-19(32)13-18)27(37-25)28(39)35-11-5-6-17-9-10-20(38)12-17/h4,7-8,13-15,17,20,25-27,37-38H,5-6,9-12,16H2,1-3H3,(H,35,39)(H,36,40)/t17-,20+,25-,26?,27-,31+/m1/s1. The van der Waals surface area contributed by atoms with Crippen LogP contribution in [0.3, 0.4) is 0 Å². The summed E-state index contributed by atoms with van der Waals surface area (Å²) in [6.45, 7) is 6.75. The molecule has 2 amide bonds. The largest absolute Gasteiger partial charge is 0.393 e. The van der Waals surface area contributed by atoms with Crippen molar-refractivity contribution in [2.45, 2.75) is 88.8 Å². The maximum atomic E-state index is 15.0. The van der Waals surface area contributed by atoms with Gasteiger partial charge < -0.3 is 21.1 Å². The highest BCUT2D eigenvalue weighted by molar-refractivity contribution is 6.31. The smallest absolute Gasteiger partial charge is 0.237 e. The Labute approximate surface area is 245 Å². The van der Waals surface area contributed by atoms with Crippen LogP contribution < -0.4 is 16.0 Å². The predicted octanol–water partition coefficient (Wildman–Crippen LogP) is 5.94. The van der Waals surface area contributed by atoms with Crippen molar-refractivity contribution in [3.63, 3.8) is 0 Å². The van der Waals surface area contributed by atoms with E-state index in [0.717, 1.165) is 37.7 Å². The number of amides is 2. The van der Waals surface area contributed by atoms with Gasteiger partial charge in [0.15, 0.2) is 0 Å². The number of hydrogen-bond acceptors (Lipinski definition) is 4. The third-order valence-electron chi connectivity index (χ3n) is 8.79. The molecule has 0 aromatic heterocycles. The Bertz CT molecular complexity index is 1300. The molecule has 6 atom stereocenters. The van der Waals surface area contributed by atoms with Crippen molar-refractivity contribution in [2.24, 2.45) is 11.3 Å². The Balaban J connectivity index is 1.53. The van der Waals surface area contributed by atoms with E-state index in [9.17, 15) is 14.7 Å². The highest BCUT2D eigenvalue weighted by Crippen LogP contribution is 2.57. The molecule has 2 heterocycles. The normalized spacial score (nSPS) is 29.6. The summed E-state index contributed by atoms with van der Waals surface area (Å²) in [5, 5.41) is 19.8. The highest BCUT2D eigenvalue weighted by atomic mass is 35.5. The van der Waals surface area contributed by atoms with Crippen molar-refractivity contribution in [1.29, 1.82) is 0 Å². The van der Waals surface area contributed by atoms with Gasteiger partial charge in [0.2, 0.25) is 11.8 Å².